The van der Waals surface area contributed by atoms with Crippen LogP contribution in [-0.4, -0.2) is 34.5 Å². The average molecular weight is 430 g/mol. The summed E-state index contributed by atoms with van der Waals surface area (Å²) in [6, 6.07) is 7.33. The molecule has 0 aliphatic carbocycles. The van der Waals surface area contributed by atoms with Crippen LogP contribution in [0, 0.1) is 20.2 Å². The van der Waals surface area contributed by atoms with E-state index in [2.05, 4.69) is 15.8 Å². The maximum atomic E-state index is 12.2. The minimum atomic E-state index is -0.763. The van der Waals surface area contributed by atoms with Gasteiger partial charge in [-0.3, -0.25) is 29.8 Å². The largest absolute Gasteiger partial charge is 0.496 e. The number of hydrazone groups is 1. The Kier molecular flexibility index (Phi) is 7.17. The molecule has 0 aliphatic heterocycles. The van der Waals surface area contributed by atoms with Crippen molar-refractivity contribution in [2.45, 2.75) is 13.3 Å². The number of amides is 2. The highest BCUT2D eigenvalue weighted by molar-refractivity contribution is 6.07. The Morgan fingerprint density at radius 3 is 2.45 bits per heavy atom. The monoisotopic (exact) mass is 430 g/mol. The van der Waals surface area contributed by atoms with Crippen molar-refractivity contribution in [3.05, 3.63) is 62.2 Å². The topological polar surface area (TPSA) is 192 Å². The Hall–Kier alpha value is -4.55. The zero-order valence-corrected chi connectivity index (χ0v) is 16.4. The van der Waals surface area contributed by atoms with Crippen LogP contribution in [-0.2, 0) is 4.79 Å². The molecule has 4 N–H and O–H groups in total. The number of non-ortho nitro benzene ring substituents is 1. The van der Waals surface area contributed by atoms with Gasteiger partial charge in [0.2, 0.25) is 5.91 Å². The van der Waals surface area contributed by atoms with Gasteiger partial charge in [0.15, 0.2) is 0 Å². The van der Waals surface area contributed by atoms with Gasteiger partial charge in [-0.15, -0.1) is 0 Å². The summed E-state index contributed by atoms with van der Waals surface area (Å²) in [5, 5.41) is 28.2. The van der Waals surface area contributed by atoms with Crippen LogP contribution < -0.4 is 21.2 Å². The minimum Gasteiger partial charge on any atom is -0.496 e. The number of rotatable bonds is 8. The van der Waals surface area contributed by atoms with Crippen LogP contribution in [0.5, 0.6) is 5.75 Å². The van der Waals surface area contributed by atoms with E-state index in [9.17, 15) is 29.8 Å². The summed E-state index contributed by atoms with van der Waals surface area (Å²) in [6.07, 6.45) is -0.277. The van der Waals surface area contributed by atoms with Crippen LogP contribution in [0.15, 0.2) is 41.5 Å². The van der Waals surface area contributed by atoms with E-state index in [1.54, 1.807) is 0 Å². The lowest BCUT2D eigenvalue weighted by molar-refractivity contribution is -0.384. The molecule has 0 saturated carbocycles. The number of nitro benzene ring substituents is 2. The summed E-state index contributed by atoms with van der Waals surface area (Å²) in [5.74, 6) is -1.11. The van der Waals surface area contributed by atoms with Crippen molar-refractivity contribution in [2.24, 2.45) is 5.10 Å². The lowest BCUT2D eigenvalue weighted by Crippen LogP contribution is -2.22. The molecule has 0 unspecified atom stereocenters. The van der Waals surface area contributed by atoms with Gasteiger partial charge in [-0.2, -0.15) is 5.10 Å². The number of ether oxygens (including phenoxy) is 1. The molecule has 2 aromatic carbocycles. The van der Waals surface area contributed by atoms with Crippen molar-refractivity contribution in [2.75, 3.05) is 18.2 Å². The molecule has 0 heterocycles. The van der Waals surface area contributed by atoms with Gasteiger partial charge in [0.25, 0.3) is 17.3 Å². The van der Waals surface area contributed by atoms with E-state index in [-0.39, 0.29) is 46.2 Å². The van der Waals surface area contributed by atoms with Gasteiger partial charge in [0, 0.05) is 23.5 Å². The summed E-state index contributed by atoms with van der Waals surface area (Å²) in [7, 11) is 1.35. The van der Waals surface area contributed by atoms with Gasteiger partial charge in [-0.1, -0.05) is 0 Å². The number of carbonyl (C=O) groups excluding carboxylic acids is 2. The molecule has 162 valence electrons. The highest BCUT2D eigenvalue weighted by Gasteiger charge is 2.18. The molecule has 2 aromatic rings. The van der Waals surface area contributed by atoms with E-state index in [1.807, 2.05) is 0 Å². The van der Waals surface area contributed by atoms with E-state index in [4.69, 9.17) is 10.5 Å². The average Bonchev–Trinajstić information content (AvgIpc) is 2.71. The molecule has 0 fully saturated rings. The molecule has 31 heavy (non-hydrogen) atoms. The van der Waals surface area contributed by atoms with E-state index in [1.165, 1.54) is 38.3 Å². The Morgan fingerprint density at radius 2 is 1.84 bits per heavy atom. The molecule has 0 saturated heterocycles. The molecule has 0 atom stereocenters. The number of nitro groups is 2. The second-order valence-electron chi connectivity index (χ2n) is 6.22. The number of hydrogen-bond donors (Lipinski definition) is 3. The van der Waals surface area contributed by atoms with Crippen molar-refractivity contribution in [3.8, 4) is 5.75 Å². The summed E-state index contributed by atoms with van der Waals surface area (Å²) in [4.78, 5) is 45.0. The van der Waals surface area contributed by atoms with E-state index in [0.717, 1.165) is 12.1 Å². The molecule has 13 nitrogen and oxygen atoms in total. The van der Waals surface area contributed by atoms with Crippen molar-refractivity contribution in [3.63, 3.8) is 0 Å². The highest BCUT2D eigenvalue weighted by atomic mass is 16.6. The van der Waals surface area contributed by atoms with Crippen LogP contribution in [0.25, 0.3) is 0 Å². The quantitative estimate of drug-likeness (QED) is 0.245. The number of nitrogens with one attached hydrogen (secondary N) is 2. The first kappa shape index (κ1) is 22.7. The zero-order valence-electron chi connectivity index (χ0n) is 16.4. The maximum Gasteiger partial charge on any atom is 0.296 e. The Labute approximate surface area is 175 Å². The molecule has 2 rings (SSSR count). The van der Waals surface area contributed by atoms with Crippen LogP contribution in [0.1, 0.15) is 23.7 Å². The lowest BCUT2D eigenvalue weighted by Gasteiger charge is -2.08. The first-order valence-corrected chi connectivity index (χ1v) is 8.61. The van der Waals surface area contributed by atoms with E-state index < -0.39 is 21.7 Å². The van der Waals surface area contributed by atoms with Gasteiger partial charge < -0.3 is 15.8 Å². The molecular weight excluding hydrogens is 412 g/mol. The number of benzene rings is 2. The van der Waals surface area contributed by atoms with Crippen LogP contribution >= 0.6 is 0 Å². The molecule has 0 radical (unpaired) electrons. The van der Waals surface area contributed by atoms with E-state index >= 15 is 0 Å². The molecular formula is C18H18N6O7. The Morgan fingerprint density at radius 1 is 1.13 bits per heavy atom. The fourth-order valence-corrected chi connectivity index (χ4v) is 2.44. The third kappa shape index (κ3) is 6.22. The summed E-state index contributed by atoms with van der Waals surface area (Å²) in [6.45, 7) is 1.45. The van der Waals surface area contributed by atoms with Gasteiger partial charge in [-0.05, 0) is 25.1 Å². The number of carbonyl (C=O) groups is 2. The summed E-state index contributed by atoms with van der Waals surface area (Å²) < 4.78 is 4.93. The van der Waals surface area contributed by atoms with Gasteiger partial charge in [0.1, 0.15) is 11.4 Å². The van der Waals surface area contributed by atoms with Crippen molar-refractivity contribution in [1.82, 2.24) is 5.43 Å². The Bertz CT molecular complexity index is 1080. The predicted molar refractivity (Wildman–Crippen MR) is 111 cm³/mol. The van der Waals surface area contributed by atoms with Crippen molar-refractivity contribution in [1.29, 1.82) is 0 Å². The summed E-state index contributed by atoms with van der Waals surface area (Å²) in [5.41, 5.74) is 7.12. The second kappa shape index (κ2) is 9.78. The first-order chi connectivity index (χ1) is 14.6. The van der Waals surface area contributed by atoms with Gasteiger partial charge in [-0.25, -0.2) is 5.43 Å². The number of methoxy groups -OCH3 is 1. The fraction of sp³-hybridized carbons (Fsp3) is 0.167. The maximum absolute atomic E-state index is 12.2. The standard InChI is InChI=1S/C18H18N6O7/c1-10(21-22-18(26)11-6-12(19)8-13(7-11)23(27)28)5-17(25)20-15-4-3-14(31-2)9-16(15)24(29)30/h3-4,6-9H,5,19H2,1-2H3,(H,20,25)(H,22,26). The van der Waals surface area contributed by atoms with Crippen LogP contribution in [0.2, 0.25) is 0 Å². The zero-order chi connectivity index (χ0) is 23.1. The number of anilines is 2. The first-order valence-electron chi connectivity index (χ1n) is 8.61. The van der Waals surface area contributed by atoms with Crippen molar-refractivity contribution >= 4 is 40.3 Å². The third-order valence-corrected chi connectivity index (χ3v) is 3.85. The lowest BCUT2D eigenvalue weighted by atomic mass is 10.1. The van der Waals surface area contributed by atoms with E-state index in [0.29, 0.717) is 0 Å². The predicted octanol–water partition coefficient (Wildman–Crippen LogP) is 2.23. The number of hydrogen-bond acceptors (Lipinski definition) is 9. The van der Waals surface area contributed by atoms with Gasteiger partial charge >= 0.3 is 0 Å². The molecule has 2 amide bonds. The summed E-state index contributed by atoms with van der Waals surface area (Å²) >= 11 is 0. The number of nitrogen functional groups attached to an aromatic ring is 1. The van der Waals surface area contributed by atoms with Crippen molar-refractivity contribution < 1.29 is 24.2 Å². The molecule has 0 aliphatic rings. The third-order valence-electron chi connectivity index (χ3n) is 3.85. The second-order valence-corrected chi connectivity index (χ2v) is 6.22. The molecule has 0 spiro atoms. The fourth-order valence-electron chi connectivity index (χ4n) is 2.44. The van der Waals surface area contributed by atoms with Crippen LogP contribution in [0.3, 0.4) is 0 Å². The Balaban J connectivity index is 2.04. The minimum absolute atomic E-state index is 0.0281. The highest BCUT2D eigenvalue weighted by Crippen LogP contribution is 2.29. The smallest absolute Gasteiger partial charge is 0.296 e. The molecule has 0 bridgehead atoms. The molecule has 13 heteroatoms. The number of nitrogens with zero attached hydrogens (tertiary/aromatic N) is 3. The van der Waals surface area contributed by atoms with Crippen LogP contribution in [0.4, 0.5) is 22.7 Å². The normalized spacial score (nSPS) is 10.8. The number of nitrogens with two attached hydrogens (primary N) is 1. The SMILES string of the molecule is COc1ccc(NC(=O)CC(C)=NNC(=O)c2cc(N)cc([N+](=O)[O-])c2)c([N+](=O)[O-])c1. The van der Waals surface area contributed by atoms with Gasteiger partial charge in [0.05, 0.1) is 35.0 Å². The molecule has 0 aromatic heterocycles.